The lowest BCUT2D eigenvalue weighted by Gasteiger charge is -2.41. The van der Waals surface area contributed by atoms with E-state index in [2.05, 4.69) is 62.5 Å². The lowest BCUT2D eigenvalue weighted by atomic mass is 9.99. The minimum Gasteiger partial charge on any atom is -0.454 e. The summed E-state index contributed by atoms with van der Waals surface area (Å²) in [6.45, 7) is 5.79. The fraction of sp³-hybridized carbons (Fsp3) is 0.857. The van der Waals surface area contributed by atoms with E-state index in [4.69, 9.17) is 14.2 Å². The zero-order chi connectivity index (χ0) is 58.9. The first kappa shape index (κ1) is 76.6. The van der Waals surface area contributed by atoms with Gasteiger partial charge in [0, 0.05) is 6.42 Å². The third kappa shape index (κ3) is 45.6. The first-order valence-corrected chi connectivity index (χ1v) is 34.4. The van der Waals surface area contributed by atoms with Crippen LogP contribution >= 0.6 is 0 Å². The van der Waals surface area contributed by atoms with Gasteiger partial charge in [0.2, 0.25) is 5.91 Å². The Hall–Kier alpha value is -2.38. The normalized spacial score (nSPS) is 18.9. The fourth-order valence-corrected chi connectivity index (χ4v) is 10.8. The van der Waals surface area contributed by atoms with Crippen LogP contribution in [0.4, 0.5) is 0 Å². The SMILES string of the molecule is CCCCC/C=C\C/C=C\C/C=C\CCCCCCCC(O)C(=O)NC(COC1OC(CO)C(O)C(O)C1OC(=O)CCCCCCCCCCCCCCCCCCCCCCCCC)C(O)/C=C/CCCCCCCCCCC. The second-order valence-electron chi connectivity index (χ2n) is 23.9. The Morgan fingerprint density at radius 1 is 0.481 bits per heavy atom. The molecular formula is C70H129NO10. The molecule has 6 N–H and O–H groups in total. The van der Waals surface area contributed by atoms with E-state index in [0.717, 1.165) is 83.5 Å². The molecule has 0 bridgehead atoms. The van der Waals surface area contributed by atoms with Crippen molar-refractivity contribution in [1.29, 1.82) is 0 Å². The van der Waals surface area contributed by atoms with Crippen LogP contribution in [0.25, 0.3) is 0 Å². The second kappa shape index (κ2) is 58.0. The summed E-state index contributed by atoms with van der Waals surface area (Å²) < 4.78 is 17.7. The topological polar surface area (TPSA) is 175 Å². The molecular weight excluding hydrogens is 1010 g/mol. The highest BCUT2D eigenvalue weighted by Crippen LogP contribution is 2.26. The van der Waals surface area contributed by atoms with Crippen molar-refractivity contribution in [3.63, 3.8) is 0 Å². The molecule has 0 radical (unpaired) electrons. The van der Waals surface area contributed by atoms with Crippen LogP contribution in [0.1, 0.15) is 323 Å². The number of carbonyl (C=O) groups excluding carboxylic acids is 2. The zero-order valence-electron chi connectivity index (χ0n) is 52.7. The molecule has 1 aliphatic heterocycles. The van der Waals surface area contributed by atoms with Crippen LogP contribution in [0.5, 0.6) is 0 Å². The van der Waals surface area contributed by atoms with Crippen LogP contribution in [0, 0.1) is 0 Å². The number of rotatable bonds is 59. The minimum atomic E-state index is -1.61. The van der Waals surface area contributed by atoms with Crippen LogP contribution in [0.3, 0.4) is 0 Å². The van der Waals surface area contributed by atoms with Gasteiger partial charge in [-0.1, -0.05) is 301 Å². The molecule has 8 atom stereocenters. The Bertz CT molecular complexity index is 1500. The molecule has 0 spiro atoms. The minimum absolute atomic E-state index is 0.126. The van der Waals surface area contributed by atoms with Gasteiger partial charge in [-0.3, -0.25) is 9.59 Å². The van der Waals surface area contributed by atoms with Crippen molar-refractivity contribution in [2.75, 3.05) is 13.2 Å². The van der Waals surface area contributed by atoms with Crippen LogP contribution in [0.15, 0.2) is 48.6 Å². The molecule has 8 unspecified atom stereocenters. The predicted octanol–water partition coefficient (Wildman–Crippen LogP) is 17.2. The number of aliphatic hydroxyl groups is 5. The summed E-state index contributed by atoms with van der Waals surface area (Å²) in [6, 6.07) is -1.03. The van der Waals surface area contributed by atoms with Crippen molar-refractivity contribution in [3.05, 3.63) is 48.6 Å². The van der Waals surface area contributed by atoms with E-state index in [0.29, 0.717) is 12.8 Å². The molecule has 0 aromatic rings. The predicted molar refractivity (Wildman–Crippen MR) is 338 cm³/mol. The van der Waals surface area contributed by atoms with Gasteiger partial charge in [-0.15, -0.1) is 0 Å². The lowest BCUT2D eigenvalue weighted by molar-refractivity contribution is -0.305. The highest BCUT2D eigenvalue weighted by Gasteiger charge is 2.47. The Kier molecular flexibility index (Phi) is 54.9. The number of nitrogens with one attached hydrogen (secondary N) is 1. The van der Waals surface area contributed by atoms with Crippen LogP contribution in [-0.4, -0.2) is 99.6 Å². The summed E-state index contributed by atoms with van der Waals surface area (Å²) in [5.41, 5.74) is 0. The number of carbonyl (C=O) groups is 2. The average molecular weight is 1140 g/mol. The number of hydrogen-bond donors (Lipinski definition) is 6. The van der Waals surface area contributed by atoms with Gasteiger partial charge in [-0.05, 0) is 64.2 Å². The number of esters is 1. The molecule has 1 amide bonds. The van der Waals surface area contributed by atoms with Crippen molar-refractivity contribution in [2.24, 2.45) is 0 Å². The molecule has 0 aliphatic carbocycles. The van der Waals surface area contributed by atoms with Crippen molar-refractivity contribution in [1.82, 2.24) is 5.32 Å². The number of ether oxygens (including phenoxy) is 3. The summed E-state index contributed by atoms with van der Waals surface area (Å²) in [7, 11) is 0. The van der Waals surface area contributed by atoms with Crippen LogP contribution in [0.2, 0.25) is 0 Å². The Morgan fingerprint density at radius 3 is 1.30 bits per heavy atom. The number of aliphatic hydroxyl groups excluding tert-OH is 5. The first-order valence-electron chi connectivity index (χ1n) is 34.4. The number of allylic oxidation sites excluding steroid dienone is 7. The summed E-state index contributed by atoms with van der Waals surface area (Å²) >= 11 is 0. The summed E-state index contributed by atoms with van der Waals surface area (Å²) in [4.78, 5) is 26.6. The Morgan fingerprint density at radius 2 is 0.852 bits per heavy atom. The van der Waals surface area contributed by atoms with E-state index in [-0.39, 0.29) is 19.4 Å². The van der Waals surface area contributed by atoms with Crippen molar-refractivity contribution >= 4 is 11.9 Å². The van der Waals surface area contributed by atoms with Gasteiger partial charge in [-0.25, -0.2) is 0 Å². The molecule has 0 aromatic heterocycles. The quantitative estimate of drug-likeness (QED) is 0.0195. The molecule has 1 saturated heterocycles. The number of hydrogen-bond acceptors (Lipinski definition) is 10. The van der Waals surface area contributed by atoms with Crippen molar-refractivity contribution in [2.45, 2.75) is 372 Å². The van der Waals surface area contributed by atoms with Crippen LogP contribution < -0.4 is 5.32 Å². The molecule has 474 valence electrons. The lowest BCUT2D eigenvalue weighted by Crippen LogP contribution is -2.61. The molecule has 0 saturated carbocycles. The molecule has 0 aromatic carbocycles. The van der Waals surface area contributed by atoms with Gasteiger partial charge in [-0.2, -0.15) is 0 Å². The Balaban J connectivity index is 2.58. The largest absolute Gasteiger partial charge is 0.454 e. The van der Waals surface area contributed by atoms with Gasteiger partial charge < -0.3 is 45.1 Å². The monoisotopic (exact) mass is 1140 g/mol. The van der Waals surface area contributed by atoms with Gasteiger partial charge in [0.15, 0.2) is 12.4 Å². The molecule has 1 fully saturated rings. The average Bonchev–Trinajstić information content (AvgIpc) is 3.51. The van der Waals surface area contributed by atoms with Crippen molar-refractivity contribution in [3.8, 4) is 0 Å². The van der Waals surface area contributed by atoms with Gasteiger partial charge in [0.05, 0.1) is 25.4 Å². The van der Waals surface area contributed by atoms with Gasteiger partial charge >= 0.3 is 5.97 Å². The first-order chi connectivity index (χ1) is 39.7. The third-order valence-corrected chi connectivity index (χ3v) is 16.2. The molecule has 81 heavy (non-hydrogen) atoms. The van der Waals surface area contributed by atoms with E-state index in [9.17, 15) is 35.1 Å². The number of amides is 1. The fourth-order valence-electron chi connectivity index (χ4n) is 10.8. The zero-order valence-corrected chi connectivity index (χ0v) is 52.7. The standard InChI is InChI=1S/C70H129NO10/c1-4-7-10-13-16-19-22-24-26-28-30-31-32-33-34-36-38-40-43-46-49-52-55-58-65(75)81-68-67(77)66(76)64(59-72)80-70(68)79-60-61(62(73)56-53-50-47-44-41-21-18-15-12-9-6-3)71-69(78)63(74)57-54-51-48-45-42-39-37-35-29-27-25-23-20-17-14-11-8-5-2/h17,20,25,27,35,37,53,56,61-64,66-68,70,72-74,76-77H,4-16,18-19,21-24,26,28-34,36,38-52,54-55,57-60H2,1-3H3,(H,71,78)/b20-17-,27-25-,37-35-,56-53+. The highest BCUT2D eigenvalue weighted by atomic mass is 16.7. The van der Waals surface area contributed by atoms with E-state index in [1.807, 2.05) is 6.08 Å². The second-order valence-corrected chi connectivity index (χ2v) is 23.9. The molecule has 11 nitrogen and oxygen atoms in total. The maximum absolute atomic E-state index is 13.4. The molecule has 1 aliphatic rings. The maximum Gasteiger partial charge on any atom is 0.306 e. The van der Waals surface area contributed by atoms with E-state index in [1.165, 1.54) is 193 Å². The number of unbranched alkanes of at least 4 members (excludes halogenated alkanes) is 39. The van der Waals surface area contributed by atoms with E-state index < -0.39 is 67.4 Å². The van der Waals surface area contributed by atoms with Crippen molar-refractivity contribution < 1.29 is 49.3 Å². The highest BCUT2D eigenvalue weighted by molar-refractivity contribution is 5.80. The van der Waals surface area contributed by atoms with Gasteiger partial charge in [0.1, 0.15) is 24.4 Å². The Labute approximate surface area is 497 Å². The summed E-state index contributed by atoms with van der Waals surface area (Å²) in [5, 5.41) is 57.1. The molecule has 11 heteroatoms. The third-order valence-electron chi connectivity index (χ3n) is 16.2. The van der Waals surface area contributed by atoms with E-state index >= 15 is 0 Å². The van der Waals surface area contributed by atoms with Crippen LogP contribution in [-0.2, 0) is 23.8 Å². The molecule has 1 heterocycles. The molecule has 1 rings (SSSR count). The van der Waals surface area contributed by atoms with E-state index in [1.54, 1.807) is 6.08 Å². The maximum atomic E-state index is 13.4. The summed E-state index contributed by atoms with van der Waals surface area (Å²) in [6.07, 6.45) is 61.6. The summed E-state index contributed by atoms with van der Waals surface area (Å²) in [5.74, 6) is -1.20. The van der Waals surface area contributed by atoms with Gasteiger partial charge in [0.25, 0.3) is 0 Å². The smallest absolute Gasteiger partial charge is 0.306 e.